The average molecular weight is 703 g/mol. The Bertz CT molecular complexity index is 2200. The van der Waals surface area contributed by atoms with Crippen molar-refractivity contribution in [3.8, 4) is 22.9 Å². The van der Waals surface area contributed by atoms with Crippen molar-refractivity contribution >= 4 is 21.6 Å². The first kappa shape index (κ1) is 33.5. The minimum atomic E-state index is -4.34. The Morgan fingerprint density at radius 2 is 1.57 bits per heavy atom. The Morgan fingerprint density at radius 3 is 2.16 bits per heavy atom. The van der Waals surface area contributed by atoms with Crippen LogP contribution < -0.4 is 14.8 Å². The summed E-state index contributed by atoms with van der Waals surface area (Å²) in [6, 6.07) is 32.9. The van der Waals surface area contributed by atoms with E-state index in [4.69, 9.17) is 9.47 Å². The van der Waals surface area contributed by atoms with E-state index >= 15 is 13.4 Å². The zero-order valence-corrected chi connectivity index (χ0v) is 28.8. The highest BCUT2D eigenvalue weighted by molar-refractivity contribution is 7.90. The molecule has 2 aromatic heterocycles. The van der Waals surface area contributed by atoms with Gasteiger partial charge in [-0.2, -0.15) is 5.10 Å². The number of rotatable bonds is 9. The molecule has 12 heteroatoms. The third-order valence-corrected chi connectivity index (χ3v) is 10.8. The SMILES string of the molecule is COc1cc(-c2ccc(F)c(C)c2NC(=O)N(C(c2ccccc2)(c2ccccc2)c2ccccc2)S(=N)(=O)c2cnn3c2OCCC3)ccn1. The summed E-state index contributed by atoms with van der Waals surface area (Å²) in [6.45, 7) is 2.39. The molecule has 1 unspecified atom stereocenters. The molecule has 1 aliphatic rings. The lowest BCUT2D eigenvalue weighted by atomic mass is 9.77. The summed E-state index contributed by atoms with van der Waals surface area (Å²) < 4.78 is 55.0. The fourth-order valence-corrected chi connectivity index (χ4v) is 8.39. The van der Waals surface area contributed by atoms with Gasteiger partial charge in [-0.1, -0.05) is 91.0 Å². The van der Waals surface area contributed by atoms with Crippen LogP contribution in [0.15, 0.2) is 133 Å². The van der Waals surface area contributed by atoms with Crippen LogP contribution in [0.1, 0.15) is 28.7 Å². The van der Waals surface area contributed by atoms with E-state index in [1.807, 2.05) is 91.0 Å². The van der Waals surface area contributed by atoms with Crippen molar-refractivity contribution in [1.29, 1.82) is 4.78 Å². The largest absolute Gasteiger partial charge is 0.481 e. The van der Waals surface area contributed by atoms with E-state index in [1.165, 1.54) is 19.4 Å². The predicted octanol–water partition coefficient (Wildman–Crippen LogP) is 8.03. The molecule has 0 fully saturated rings. The van der Waals surface area contributed by atoms with E-state index in [-0.39, 0.29) is 22.0 Å². The molecule has 1 atom stereocenters. The Kier molecular flexibility index (Phi) is 9.01. The number of amides is 2. The van der Waals surface area contributed by atoms with Gasteiger partial charge in [-0.05, 0) is 47.4 Å². The highest BCUT2D eigenvalue weighted by Crippen LogP contribution is 2.47. The van der Waals surface area contributed by atoms with Crippen LogP contribution in [-0.4, -0.2) is 43.0 Å². The second-order valence-electron chi connectivity index (χ2n) is 12.0. The normalized spacial score (nSPS) is 13.7. The van der Waals surface area contributed by atoms with Gasteiger partial charge in [-0.3, -0.25) is 0 Å². The summed E-state index contributed by atoms with van der Waals surface area (Å²) in [4.78, 5) is 19.6. The van der Waals surface area contributed by atoms with E-state index in [0.717, 1.165) is 4.31 Å². The zero-order chi connectivity index (χ0) is 35.6. The van der Waals surface area contributed by atoms with Gasteiger partial charge in [0.25, 0.3) is 0 Å². The number of urea groups is 1. The lowest BCUT2D eigenvalue weighted by Crippen LogP contribution is -2.55. The molecule has 2 N–H and O–H groups in total. The van der Waals surface area contributed by atoms with Crippen molar-refractivity contribution in [3.05, 3.63) is 156 Å². The number of fused-ring (bicyclic) bond motifs is 1. The molecule has 0 bridgehead atoms. The number of nitrogens with one attached hydrogen (secondary N) is 2. The van der Waals surface area contributed by atoms with E-state index in [9.17, 15) is 4.78 Å². The van der Waals surface area contributed by atoms with Crippen LogP contribution in [0.3, 0.4) is 0 Å². The maximum Gasteiger partial charge on any atom is 0.336 e. The third-order valence-electron chi connectivity index (χ3n) is 9.02. The predicted molar refractivity (Wildman–Crippen MR) is 192 cm³/mol. The fourth-order valence-electron chi connectivity index (χ4n) is 6.62. The maximum atomic E-state index is 15.7. The average Bonchev–Trinajstić information content (AvgIpc) is 3.62. The van der Waals surface area contributed by atoms with Gasteiger partial charge in [-0.25, -0.2) is 32.1 Å². The monoisotopic (exact) mass is 702 g/mol. The van der Waals surface area contributed by atoms with Crippen LogP contribution in [0.25, 0.3) is 11.1 Å². The Balaban J connectivity index is 1.54. The highest BCUT2D eigenvalue weighted by Gasteiger charge is 2.51. The number of hydrogen-bond donors (Lipinski definition) is 2. The number of halogens is 1. The molecular formula is C39H35FN6O4S. The quantitative estimate of drug-likeness (QED) is 0.147. The number of anilines is 1. The molecule has 0 spiro atoms. The second-order valence-corrected chi connectivity index (χ2v) is 13.8. The Morgan fingerprint density at radius 1 is 0.961 bits per heavy atom. The number of aryl methyl sites for hydroxylation is 1. The number of benzene rings is 4. The van der Waals surface area contributed by atoms with Gasteiger partial charge in [0.05, 0.1) is 25.6 Å². The minimum absolute atomic E-state index is 0.0559. The zero-order valence-electron chi connectivity index (χ0n) is 28.0. The molecule has 1 aliphatic heterocycles. The number of nitrogens with zero attached hydrogens (tertiary/aromatic N) is 4. The highest BCUT2D eigenvalue weighted by atomic mass is 32.2. The molecule has 0 radical (unpaired) electrons. The lowest BCUT2D eigenvalue weighted by Gasteiger charge is -2.45. The number of aromatic nitrogens is 3. The van der Waals surface area contributed by atoms with Crippen LogP contribution in [-0.2, 0) is 22.0 Å². The summed E-state index contributed by atoms with van der Waals surface area (Å²) in [7, 11) is -2.85. The summed E-state index contributed by atoms with van der Waals surface area (Å²) in [5, 5.41) is 7.35. The van der Waals surface area contributed by atoms with Crippen molar-refractivity contribution in [2.45, 2.75) is 30.3 Å². The van der Waals surface area contributed by atoms with Crippen LogP contribution >= 0.6 is 0 Å². The molecule has 258 valence electrons. The number of pyridine rings is 1. The van der Waals surface area contributed by atoms with E-state index in [1.54, 1.807) is 36.0 Å². The van der Waals surface area contributed by atoms with Crippen LogP contribution in [0.2, 0.25) is 0 Å². The van der Waals surface area contributed by atoms with E-state index < -0.39 is 27.3 Å². The molecule has 3 heterocycles. The molecule has 7 rings (SSSR count). The molecule has 6 aromatic rings. The molecular weight excluding hydrogens is 668 g/mol. The third kappa shape index (κ3) is 5.87. The summed E-state index contributed by atoms with van der Waals surface area (Å²) >= 11 is 0. The van der Waals surface area contributed by atoms with Crippen LogP contribution in [0.4, 0.5) is 14.9 Å². The smallest absolute Gasteiger partial charge is 0.336 e. The number of carbonyl (C=O) groups is 1. The second kappa shape index (κ2) is 13.7. The summed E-state index contributed by atoms with van der Waals surface area (Å²) in [5.74, 6) is -0.0776. The standard InChI is InChI=1S/C39H35FN6O4S/c1-27-33(40)20-19-32(28-21-22-42-35(25-28)49-2)36(27)44-38(47)46(51(41,48)34-26-43-45-23-12-24-50-37(34)45)39(29-13-6-3-7-14-29,30-15-8-4-9-16-30)31-17-10-5-11-18-31/h3-11,13-22,25-26,41H,12,23-24H2,1-2H3,(H,44,47). The van der Waals surface area contributed by atoms with Gasteiger partial charge >= 0.3 is 6.03 Å². The first-order chi connectivity index (χ1) is 24.8. The maximum absolute atomic E-state index is 15.7. The van der Waals surface area contributed by atoms with Crippen molar-refractivity contribution in [1.82, 2.24) is 19.1 Å². The van der Waals surface area contributed by atoms with E-state index in [0.29, 0.717) is 53.3 Å². The molecule has 0 saturated carbocycles. The Hall–Kier alpha value is -6.01. The Labute approximate surface area is 295 Å². The van der Waals surface area contributed by atoms with Crippen molar-refractivity contribution in [2.24, 2.45) is 0 Å². The van der Waals surface area contributed by atoms with E-state index in [2.05, 4.69) is 15.4 Å². The van der Waals surface area contributed by atoms with Crippen molar-refractivity contribution in [2.75, 3.05) is 19.0 Å². The number of ether oxygens (including phenoxy) is 2. The van der Waals surface area contributed by atoms with Crippen molar-refractivity contribution in [3.63, 3.8) is 0 Å². The molecule has 2 amide bonds. The summed E-state index contributed by atoms with van der Waals surface area (Å²) in [5.41, 5.74) is 1.36. The molecule has 0 aliphatic carbocycles. The molecule has 51 heavy (non-hydrogen) atoms. The van der Waals surface area contributed by atoms with Crippen LogP contribution in [0, 0.1) is 17.5 Å². The summed E-state index contributed by atoms with van der Waals surface area (Å²) in [6.07, 6.45) is 3.57. The van der Waals surface area contributed by atoms with Gasteiger partial charge in [-0.15, -0.1) is 0 Å². The van der Waals surface area contributed by atoms with Gasteiger partial charge in [0, 0.05) is 36.4 Å². The first-order valence-corrected chi connectivity index (χ1v) is 17.8. The number of hydrogen-bond acceptors (Lipinski definition) is 7. The van der Waals surface area contributed by atoms with Gasteiger partial charge in [0.2, 0.25) is 11.8 Å². The lowest BCUT2D eigenvalue weighted by molar-refractivity contribution is 0.215. The van der Waals surface area contributed by atoms with Gasteiger partial charge in [0.15, 0.2) is 9.92 Å². The first-order valence-electron chi connectivity index (χ1n) is 16.3. The van der Waals surface area contributed by atoms with Crippen LogP contribution in [0.5, 0.6) is 11.8 Å². The topological polar surface area (TPSA) is 122 Å². The number of carbonyl (C=O) groups excluding carboxylic acids is 1. The van der Waals surface area contributed by atoms with Gasteiger partial charge in [0.1, 0.15) is 16.3 Å². The molecule has 0 saturated heterocycles. The van der Waals surface area contributed by atoms with Crippen molar-refractivity contribution < 1.29 is 22.9 Å². The molecule has 4 aromatic carbocycles. The minimum Gasteiger partial charge on any atom is -0.481 e. The fraction of sp³-hybridized carbons (Fsp3) is 0.154. The molecule has 10 nitrogen and oxygen atoms in total. The van der Waals surface area contributed by atoms with Gasteiger partial charge < -0.3 is 14.8 Å². The number of methoxy groups -OCH3 is 1.